The van der Waals surface area contributed by atoms with Crippen molar-refractivity contribution in [2.45, 2.75) is 19.1 Å². The van der Waals surface area contributed by atoms with Crippen LogP contribution in [-0.2, 0) is 16.4 Å². The van der Waals surface area contributed by atoms with E-state index in [1.54, 1.807) is 30.3 Å². The number of hydrogen-bond acceptors (Lipinski definition) is 3. The molecule has 1 heterocycles. The lowest BCUT2D eigenvalue weighted by Gasteiger charge is -2.33. The lowest BCUT2D eigenvalue weighted by molar-refractivity contribution is -0.136. The van der Waals surface area contributed by atoms with Crippen LogP contribution in [0.25, 0.3) is 0 Å². The van der Waals surface area contributed by atoms with Gasteiger partial charge < -0.3 is 9.80 Å². The maximum atomic E-state index is 12.5. The minimum atomic E-state index is -4.36. The molecule has 0 atom stereocenters. The van der Waals surface area contributed by atoms with Crippen LogP contribution in [0, 0.1) is 0 Å². The van der Waals surface area contributed by atoms with Crippen LogP contribution < -0.4 is 0 Å². The van der Waals surface area contributed by atoms with E-state index in [2.05, 4.69) is 0 Å². The fraction of sp³-hybridized carbons (Fsp3) is 0.533. The fourth-order valence-corrected chi connectivity index (χ4v) is 3.61. The maximum absolute atomic E-state index is 12.5. The number of rotatable bonds is 4. The van der Waals surface area contributed by atoms with Gasteiger partial charge in [0.15, 0.2) is 9.84 Å². The molecule has 0 spiro atoms. The number of sulfone groups is 1. The smallest absolute Gasteiger partial charge is 0.323 e. The molecule has 24 heavy (non-hydrogen) atoms. The monoisotopic (exact) mass is 364 g/mol. The summed E-state index contributed by atoms with van der Waals surface area (Å²) in [6, 6.07) is 8.17. The standard InChI is InChI=1S/C15H19F3N2O3S/c16-15(17,18)6-7-20(12-13-4-2-1-3-5-13)14(21)19-8-10-24(22,23)11-9-19/h1-5H,6-12H2. The van der Waals surface area contributed by atoms with Crippen LogP contribution in [0.1, 0.15) is 12.0 Å². The van der Waals surface area contributed by atoms with Crippen molar-refractivity contribution in [3.05, 3.63) is 35.9 Å². The highest BCUT2D eigenvalue weighted by Crippen LogP contribution is 2.21. The number of amides is 2. The first-order valence-electron chi connectivity index (χ1n) is 7.51. The molecule has 0 N–H and O–H groups in total. The molecule has 1 aliphatic rings. The van der Waals surface area contributed by atoms with Crippen LogP contribution in [0.15, 0.2) is 30.3 Å². The van der Waals surface area contributed by atoms with E-state index in [0.717, 1.165) is 10.5 Å². The summed E-state index contributed by atoms with van der Waals surface area (Å²) in [6.07, 6.45) is -5.46. The summed E-state index contributed by atoms with van der Waals surface area (Å²) in [6.45, 7) is -0.379. The van der Waals surface area contributed by atoms with Crippen molar-refractivity contribution >= 4 is 15.9 Å². The Morgan fingerprint density at radius 2 is 1.71 bits per heavy atom. The SMILES string of the molecule is O=C(N1CCS(=O)(=O)CC1)N(CCC(F)(F)F)Cc1ccccc1. The molecule has 2 amide bonds. The number of alkyl halides is 3. The zero-order chi connectivity index (χ0) is 17.8. The molecule has 0 unspecified atom stereocenters. The van der Waals surface area contributed by atoms with Gasteiger partial charge >= 0.3 is 12.2 Å². The number of halogens is 3. The quantitative estimate of drug-likeness (QED) is 0.824. The first kappa shape index (κ1) is 18.6. The van der Waals surface area contributed by atoms with Gasteiger partial charge in [-0.3, -0.25) is 0 Å². The topological polar surface area (TPSA) is 57.7 Å². The minimum absolute atomic E-state index is 0.0124. The summed E-state index contributed by atoms with van der Waals surface area (Å²) in [4.78, 5) is 15.0. The van der Waals surface area contributed by atoms with Gasteiger partial charge in [0, 0.05) is 26.2 Å². The van der Waals surface area contributed by atoms with Crippen LogP contribution in [0.2, 0.25) is 0 Å². The molecule has 0 aliphatic carbocycles. The fourth-order valence-electron chi connectivity index (χ4n) is 2.41. The number of carbonyl (C=O) groups excluding carboxylic acids is 1. The van der Waals surface area contributed by atoms with Gasteiger partial charge in [0.2, 0.25) is 0 Å². The molecule has 1 aromatic carbocycles. The van der Waals surface area contributed by atoms with E-state index in [-0.39, 0.29) is 31.1 Å². The normalized spacial score (nSPS) is 17.5. The zero-order valence-corrected chi connectivity index (χ0v) is 13.8. The Morgan fingerprint density at radius 1 is 1.12 bits per heavy atom. The van der Waals surface area contributed by atoms with Gasteiger partial charge in [0.1, 0.15) is 0 Å². The van der Waals surface area contributed by atoms with E-state index in [1.807, 2.05) is 0 Å². The van der Waals surface area contributed by atoms with Crippen molar-refractivity contribution < 1.29 is 26.4 Å². The van der Waals surface area contributed by atoms with Gasteiger partial charge in [0.25, 0.3) is 0 Å². The molecular weight excluding hydrogens is 345 g/mol. The zero-order valence-electron chi connectivity index (χ0n) is 13.0. The maximum Gasteiger partial charge on any atom is 0.390 e. The molecule has 134 valence electrons. The molecule has 1 saturated heterocycles. The first-order chi connectivity index (χ1) is 11.2. The van der Waals surface area contributed by atoms with E-state index >= 15 is 0 Å². The molecule has 1 aliphatic heterocycles. The van der Waals surface area contributed by atoms with Crippen molar-refractivity contribution in [1.29, 1.82) is 0 Å². The van der Waals surface area contributed by atoms with Gasteiger partial charge in [-0.25, -0.2) is 13.2 Å². The lowest BCUT2D eigenvalue weighted by atomic mass is 10.2. The van der Waals surface area contributed by atoms with Crippen LogP contribution in [0.4, 0.5) is 18.0 Å². The van der Waals surface area contributed by atoms with E-state index in [4.69, 9.17) is 0 Å². The van der Waals surface area contributed by atoms with Crippen molar-refractivity contribution in [3.8, 4) is 0 Å². The molecule has 9 heteroatoms. The highest BCUT2D eigenvalue weighted by Gasteiger charge is 2.32. The van der Waals surface area contributed by atoms with Crippen molar-refractivity contribution in [3.63, 3.8) is 0 Å². The second kappa shape index (κ2) is 7.42. The van der Waals surface area contributed by atoms with Crippen LogP contribution in [0.5, 0.6) is 0 Å². The molecule has 0 radical (unpaired) electrons. The Bertz CT molecular complexity index is 648. The minimum Gasteiger partial charge on any atom is -0.323 e. The van der Waals surface area contributed by atoms with Crippen molar-refractivity contribution in [2.24, 2.45) is 0 Å². The second-order valence-corrected chi connectivity index (χ2v) is 8.00. The first-order valence-corrected chi connectivity index (χ1v) is 9.33. The van der Waals surface area contributed by atoms with Crippen LogP contribution >= 0.6 is 0 Å². The number of urea groups is 1. The Hall–Kier alpha value is -1.77. The van der Waals surface area contributed by atoms with Gasteiger partial charge in [-0.05, 0) is 5.56 Å². The third-order valence-corrected chi connectivity index (χ3v) is 5.38. The molecule has 0 aromatic heterocycles. The van der Waals surface area contributed by atoms with Gasteiger partial charge in [-0.2, -0.15) is 13.2 Å². The molecule has 2 rings (SSSR count). The highest BCUT2D eigenvalue weighted by molar-refractivity contribution is 7.91. The summed E-state index contributed by atoms with van der Waals surface area (Å²) >= 11 is 0. The Morgan fingerprint density at radius 3 is 2.25 bits per heavy atom. The average molecular weight is 364 g/mol. The van der Waals surface area contributed by atoms with E-state index in [9.17, 15) is 26.4 Å². The molecule has 0 bridgehead atoms. The van der Waals surface area contributed by atoms with Crippen LogP contribution in [-0.4, -0.2) is 61.6 Å². The lowest BCUT2D eigenvalue weighted by Crippen LogP contribution is -2.50. The summed E-state index contributed by atoms with van der Waals surface area (Å²) < 4.78 is 60.5. The summed E-state index contributed by atoms with van der Waals surface area (Å²) in [7, 11) is -3.16. The summed E-state index contributed by atoms with van der Waals surface area (Å²) in [5, 5.41) is 0. The van der Waals surface area contributed by atoms with Crippen LogP contribution in [0.3, 0.4) is 0 Å². The molecule has 0 saturated carbocycles. The number of hydrogen-bond donors (Lipinski definition) is 0. The van der Waals surface area contributed by atoms with Gasteiger partial charge in [-0.1, -0.05) is 30.3 Å². The molecule has 1 aromatic rings. The number of benzene rings is 1. The van der Waals surface area contributed by atoms with E-state index < -0.39 is 35.0 Å². The third-order valence-electron chi connectivity index (χ3n) is 3.77. The van der Waals surface area contributed by atoms with E-state index in [0.29, 0.717) is 0 Å². The van der Waals surface area contributed by atoms with Crippen molar-refractivity contribution in [2.75, 3.05) is 31.1 Å². The summed E-state index contributed by atoms with van der Waals surface area (Å²) in [5.41, 5.74) is 0.720. The van der Waals surface area contributed by atoms with Gasteiger partial charge in [0.05, 0.1) is 17.9 Å². The van der Waals surface area contributed by atoms with Crippen molar-refractivity contribution in [1.82, 2.24) is 9.80 Å². The largest absolute Gasteiger partial charge is 0.390 e. The molecule has 5 nitrogen and oxygen atoms in total. The predicted octanol–water partition coefficient (Wildman–Crippen LogP) is 2.29. The Labute approximate surface area is 139 Å². The third kappa shape index (κ3) is 5.70. The predicted molar refractivity (Wildman–Crippen MR) is 83.1 cm³/mol. The Kier molecular flexibility index (Phi) is 5.74. The molecule has 1 fully saturated rings. The van der Waals surface area contributed by atoms with Gasteiger partial charge in [-0.15, -0.1) is 0 Å². The highest BCUT2D eigenvalue weighted by atomic mass is 32.2. The summed E-state index contributed by atoms with van der Waals surface area (Å²) in [5.74, 6) is -0.311. The number of nitrogens with zero attached hydrogens (tertiary/aromatic N) is 2. The Balaban J connectivity index is 2.07. The number of carbonyl (C=O) groups is 1. The average Bonchev–Trinajstić information content (AvgIpc) is 2.51. The van der Waals surface area contributed by atoms with E-state index in [1.165, 1.54) is 4.90 Å². The second-order valence-electron chi connectivity index (χ2n) is 5.69. The molecular formula is C15H19F3N2O3S.